The highest BCUT2D eigenvalue weighted by Gasteiger charge is 2.49. The van der Waals surface area contributed by atoms with E-state index >= 15 is 4.39 Å². The van der Waals surface area contributed by atoms with Crippen LogP contribution in [0.2, 0.25) is 0 Å². The van der Waals surface area contributed by atoms with E-state index in [1.54, 1.807) is 11.2 Å². The summed E-state index contributed by atoms with van der Waals surface area (Å²) in [6.45, 7) is 4.37. The quantitative estimate of drug-likeness (QED) is 0.455. The van der Waals surface area contributed by atoms with Crippen LogP contribution in [0.3, 0.4) is 0 Å². The highest BCUT2D eigenvalue weighted by atomic mass is 32.2. The second kappa shape index (κ2) is 9.06. The number of piperidine rings is 2. The second-order valence-electron chi connectivity index (χ2n) is 9.36. The first-order valence-electron chi connectivity index (χ1n) is 11.5. The van der Waals surface area contributed by atoms with Crippen LogP contribution in [0.1, 0.15) is 38.8 Å². The molecule has 9 nitrogen and oxygen atoms in total. The van der Waals surface area contributed by atoms with E-state index in [0.717, 1.165) is 12.6 Å². The number of nitrogens with one attached hydrogen (secondary N) is 1. The minimum absolute atomic E-state index is 0.0155. The van der Waals surface area contributed by atoms with Gasteiger partial charge in [-0.1, -0.05) is 0 Å². The van der Waals surface area contributed by atoms with Gasteiger partial charge in [-0.3, -0.25) is 0 Å². The summed E-state index contributed by atoms with van der Waals surface area (Å²) in [4.78, 5) is 14.8. The number of aromatic nitrogens is 2. The van der Waals surface area contributed by atoms with Crippen LogP contribution in [0.5, 0.6) is 0 Å². The average molecular weight is 495 g/mol. The maximum atomic E-state index is 15.2. The summed E-state index contributed by atoms with van der Waals surface area (Å²) in [7, 11) is 0. The molecule has 4 heterocycles. The standard InChI is InChI=1S/C22H28F2N6O3S/c1-10-3-4-12-13(7-14(23)19-20(12)30(10)21(27-19)11(2)31)18-15(24)8-25-22(28-18)26-16-5-6-29(34-33)9-17(16)32/h7-8,10-12,16-17,20,31-32,34H,3-6,9H2,1-2H3,(H,25,26,28). The van der Waals surface area contributed by atoms with Gasteiger partial charge in [0.05, 0.1) is 36.2 Å². The average Bonchev–Trinajstić information content (AvgIpc) is 3.23. The molecule has 0 radical (unpaired) electrons. The molecule has 3 N–H and O–H groups in total. The van der Waals surface area contributed by atoms with Crippen LogP contribution >= 0.6 is 0 Å². The zero-order valence-corrected chi connectivity index (χ0v) is 19.8. The van der Waals surface area contributed by atoms with Crippen LogP contribution in [0.15, 0.2) is 28.8 Å². The number of aliphatic hydroxyl groups excluding tert-OH is 2. The van der Waals surface area contributed by atoms with Crippen molar-refractivity contribution in [3.63, 3.8) is 0 Å². The number of rotatable bonds is 5. The lowest BCUT2D eigenvalue weighted by Gasteiger charge is -2.45. The van der Waals surface area contributed by atoms with Crippen molar-refractivity contribution in [2.45, 2.75) is 63.4 Å². The first-order valence-corrected chi connectivity index (χ1v) is 12.3. The molecule has 2 saturated heterocycles. The lowest BCUT2D eigenvalue weighted by atomic mass is 9.76. The van der Waals surface area contributed by atoms with Gasteiger partial charge in [0.1, 0.15) is 29.2 Å². The monoisotopic (exact) mass is 494 g/mol. The molecule has 1 aliphatic carbocycles. The Labute approximate surface area is 199 Å². The minimum Gasteiger partial charge on any atom is -0.390 e. The molecule has 2 fully saturated rings. The summed E-state index contributed by atoms with van der Waals surface area (Å²) in [5, 5.41) is 23.6. The maximum Gasteiger partial charge on any atom is 0.223 e. The van der Waals surface area contributed by atoms with Crippen LogP contribution in [-0.2, 0) is 11.9 Å². The second-order valence-corrected chi connectivity index (χ2v) is 10.1. The van der Waals surface area contributed by atoms with E-state index < -0.39 is 29.9 Å². The van der Waals surface area contributed by atoms with Gasteiger partial charge in [-0.05, 0) is 44.8 Å². The number of β-amino-alcohol motifs (C(OH)–C–C–N with tert-alkyl or cyclic N) is 1. The zero-order valence-electron chi connectivity index (χ0n) is 18.9. The van der Waals surface area contributed by atoms with Crippen LogP contribution in [0.4, 0.5) is 14.7 Å². The lowest BCUT2D eigenvalue weighted by molar-refractivity contribution is 0.0980. The molecule has 1 aromatic rings. The zero-order chi connectivity index (χ0) is 24.1. The minimum atomic E-state index is -0.846. The largest absolute Gasteiger partial charge is 0.390 e. The number of anilines is 1. The number of nitrogens with zero attached hydrogens (tertiary/aromatic N) is 5. The highest BCUT2D eigenvalue weighted by molar-refractivity contribution is 7.63. The van der Waals surface area contributed by atoms with Gasteiger partial charge in [0.15, 0.2) is 5.82 Å². The number of aliphatic imine (C=N–C) groups is 1. The summed E-state index contributed by atoms with van der Waals surface area (Å²) in [6.07, 6.45) is 2.69. The fraction of sp³-hybridized carbons (Fsp3) is 0.591. The Morgan fingerprint density at radius 2 is 2.09 bits per heavy atom. The molecule has 0 spiro atoms. The van der Waals surface area contributed by atoms with Crippen molar-refractivity contribution in [1.29, 1.82) is 0 Å². The molecule has 4 aliphatic rings. The van der Waals surface area contributed by atoms with Gasteiger partial charge in [0, 0.05) is 25.0 Å². The fourth-order valence-corrected chi connectivity index (χ4v) is 5.91. The molecule has 1 aromatic heterocycles. The van der Waals surface area contributed by atoms with Gasteiger partial charge in [0.2, 0.25) is 5.95 Å². The van der Waals surface area contributed by atoms with Crippen molar-refractivity contribution >= 4 is 29.2 Å². The van der Waals surface area contributed by atoms with Crippen molar-refractivity contribution in [3.05, 3.63) is 35.3 Å². The van der Waals surface area contributed by atoms with Gasteiger partial charge in [-0.25, -0.2) is 32.3 Å². The number of thiol groups is 1. The molecule has 0 aromatic carbocycles. The third-order valence-electron chi connectivity index (χ3n) is 7.14. The first-order chi connectivity index (χ1) is 16.3. The Bertz CT molecular complexity index is 1100. The summed E-state index contributed by atoms with van der Waals surface area (Å²) in [5.74, 6) is -0.886. The Balaban J connectivity index is 1.47. The van der Waals surface area contributed by atoms with Crippen molar-refractivity contribution in [2.24, 2.45) is 10.9 Å². The van der Waals surface area contributed by atoms with Crippen molar-refractivity contribution in [2.75, 3.05) is 18.4 Å². The molecule has 5 rings (SSSR count). The van der Waals surface area contributed by atoms with Gasteiger partial charge in [-0.15, -0.1) is 0 Å². The molecule has 3 aliphatic heterocycles. The number of aliphatic hydroxyl groups is 2. The van der Waals surface area contributed by atoms with Gasteiger partial charge >= 0.3 is 0 Å². The van der Waals surface area contributed by atoms with Crippen molar-refractivity contribution in [1.82, 2.24) is 19.2 Å². The van der Waals surface area contributed by atoms with E-state index in [2.05, 4.69) is 20.3 Å². The predicted octanol–water partition coefficient (Wildman–Crippen LogP) is 1.16. The van der Waals surface area contributed by atoms with Crippen LogP contribution in [0.25, 0.3) is 5.57 Å². The molecule has 0 amide bonds. The number of hydrogen-bond acceptors (Lipinski definition) is 8. The Morgan fingerprint density at radius 1 is 1.29 bits per heavy atom. The van der Waals surface area contributed by atoms with Crippen molar-refractivity contribution < 1.29 is 23.2 Å². The topological polar surface area (TPSA) is 114 Å². The summed E-state index contributed by atoms with van der Waals surface area (Å²) in [5.41, 5.74) is 0.729. The maximum absolute atomic E-state index is 15.2. The molecular formula is C22H28F2N6O3S. The van der Waals surface area contributed by atoms with E-state index in [1.807, 2.05) is 11.8 Å². The number of hydrogen-bond donors (Lipinski definition) is 4. The molecule has 34 heavy (non-hydrogen) atoms. The number of amidine groups is 1. The van der Waals surface area contributed by atoms with E-state index in [9.17, 15) is 18.8 Å². The Kier molecular flexibility index (Phi) is 6.25. The molecule has 184 valence electrons. The van der Waals surface area contributed by atoms with Gasteiger partial charge in [0.25, 0.3) is 0 Å². The molecular weight excluding hydrogens is 466 g/mol. The Hall–Kier alpha value is -2.28. The Morgan fingerprint density at radius 3 is 2.79 bits per heavy atom. The van der Waals surface area contributed by atoms with E-state index in [1.165, 1.54) is 6.08 Å². The number of allylic oxidation sites excluding steroid dienone is 2. The van der Waals surface area contributed by atoms with E-state index in [-0.39, 0.29) is 53.7 Å². The summed E-state index contributed by atoms with van der Waals surface area (Å²) < 4.78 is 42.8. The van der Waals surface area contributed by atoms with E-state index in [0.29, 0.717) is 30.8 Å². The molecule has 6 unspecified atom stereocenters. The van der Waals surface area contributed by atoms with Gasteiger partial charge in [-0.2, -0.15) is 0 Å². The predicted molar refractivity (Wildman–Crippen MR) is 124 cm³/mol. The number of halogens is 2. The smallest absolute Gasteiger partial charge is 0.223 e. The summed E-state index contributed by atoms with van der Waals surface area (Å²) >= 11 is -0.141. The molecule has 12 heteroatoms. The van der Waals surface area contributed by atoms with Gasteiger partial charge < -0.3 is 20.4 Å². The summed E-state index contributed by atoms with van der Waals surface area (Å²) in [6, 6.07) is -0.744. The van der Waals surface area contributed by atoms with Crippen molar-refractivity contribution in [3.8, 4) is 0 Å². The van der Waals surface area contributed by atoms with Crippen LogP contribution in [0, 0.1) is 11.7 Å². The molecule has 6 atom stereocenters. The first kappa shape index (κ1) is 23.5. The lowest BCUT2D eigenvalue weighted by Crippen LogP contribution is -2.53. The third-order valence-corrected chi connectivity index (χ3v) is 7.73. The van der Waals surface area contributed by atoms with Crippen LogP contribution in [-0.4, -0.2) is 82.9 Å². The molecule has 0 saturated carbocycles. The fourth-order valence-electron chi connectivity index (χ4n) is 5.48. The van der Waals surface area contributed by atoms with E-state index in [4.69, 9.17) is 0 Å². The van der Waals surface area contributed by atoms with Crippen LogP contribution < -0.4 is 5.32 Å². The third kappa shape index (κ3) is 3.96. The highest BCUT2D eigenvalue weighted by Crippen LogP contribution is 2.48. The molecule has 0 bridgehead atoms. The SMILES string of the molecule is CC(O)C1=NC2=C(F)C=C(c3nc(NC4CCN([SH]=O)CC4O)ncc3F)C3CCC(C)N1C23. The normalized spacial score (nSPS) is 32.3.